The molecule has 0 fully saturated rings. The number of nitro groups is 1. The highest BCUT2D eigenvalue weighted by Gasteiger charge is 2.13. The van der Waals surface area contributed by atoms with E-state index in [0.29, 0.717) is 6.54 Å². The minimum atomic E-state index is -0.648. The van der Waals surface area contributed by atoms with Crippen molar-refractivity contribution in [2.75, 3.05) is 19.8 Å². The molecule has 0 aliphatic rings. The standard InChI is InChI=1S/C15H20N4O3S/c1-17(8-12-3-5-15(23-2)6-4-12)10-14(20)11-18-9-13(7-16-18)19(21)22/h3-7,9,14,20H,8,10-11H2,1-2H3. The highest BCUT2D eigenvalue weighted by molar-refractivity contribution is 7.98. The van der Waals surface area contributed by atoms with E-state index in [1.807, 2.05) is 18.2 Å². The number of nitrogens with zero attached hydrogens (tertiary/aromatic N) is 4. The van der Waals surface area contributed by atoms with Crippen LogP contribution in [0, 0.1) is 10.1 Å². The Labute approximate surface area is 139 Å². The molecular formula is C15H20N4O3S. The molecule has 2 rings (SSSR count). The summed E-state index contributed by atoms with van der Waals surface area (Å²) in [6.07, 6.45) is 3.90. The summed E-state index contributed by atoms with van der Waals surface area (Å²) in [5.41, 5.74) is 1.10. The predicted molar refractivity (Wildman–Crippen MR) is 89.4 cm³/mol. The van der Waals surface area contributed by atoms with Crippen LogP contribution in [0.2, 0.25) is 0 Å². The van der Waals surface area contributed by atoms with Gasteiger partial charge in [0.1, 0.15) is 12.4 Å². The normalized spacial score (nSPS) is 12.5. The molecule has 8 heteroatoms. The van der Waals surface area contributed by atoms with Crippen molar-refractivity contribution in [3.63, 3.8) is 0 Å². The van der Waals surface area contributed by atoms with Crippen LogP contribution in [0.4, 0.5) is 5.69 Å². The fourth-order valence-corrected chi connectivity index (χ4v) is 2.70. The van der Waals surface area contributed by atoms with E-state index in [1.54, 1.807) is 11.8 Å². The van der Waals surface area contributed by atoms with E-state index < -0.39 is 11.0 Å². The number of rotatable bonds is 8. The van der Waals surface area contributed by atoms with Crippen molar-refractivity contribution in [2.24, 2.45) is 0 Å². The number of likely N-dealkylation sites (N-methyl/N-ethyl adjacent to an activating group) is 1. The topological polar surface area (TPSA) is 84.4 Å². The summed E-state index contributed by atoms with van der Waals surface area (Å²) in [4.78, 5) is 13.3. The molecule has 1 heterocycles. The third-order valence-electron chi connectivity index (χ3n) is 3.36. The highest BCUT2D eigenvalue weighted by atomic mass is 32.2. The Balaban J connectivity index is 1.83. The molecule has 1 aromatic heterocycles. The number of aliphatic hydroxyl groups is 1. The number of benzene rings is 1. The van der Waals surface area contributed by atoms with Gasteiger partial charge in [0.15, 0.2) is 0 Å². The maximum Gasteiger partial charge on any atom is 0.306 e. The number of hydrogen-bond acceptors (Lipinski definition) is 6. The molecule has 1 atom stereocenters. The van der Waals surface area contributed by atoms with Gasteiger partial charge >= 0.3 is 5.69 Å². The molecule has 0 spiro atoms. The fourth-order valence-electron chi connectivity index (χ4n) is 2.29. The zero-order chi connectivity index (χ0) is 16.8. The van der Waals surface area contributed by atoms with E-state index in [9.17, 15) is 15.2 Å². The number of thioether (sulfide) groups is 1. The van der Waals surface area contributed by atoms with E-state index in [4.69, 9.17) is 0 Å². The zero-order valence-electron chi connectivity index (χ0n) is 13.1. The maximum atomic E-state index is 10.6. The van der Waals surface area contributed by atoms with Crippen LogP contribution >= 0.6 is 11.8 Å². The smallest absolute Gasteiger partial charge is 0.306 e. The Morgan fingerprint density at radius 1 is 1.43 bits per heavy atom. The van der Waals surface area contributed by atoms with Crippen molar-refractivity contribution in [3.05, 3.63) is 52.3 Å². The molecule has 0 saturated heterocycles. The van der Waals surface area contributed by atoms with Crippen molar-refractivity contribution in [1.82, 2.24) is 14.7 Å². The number of aromatic nitrogens is 2. The van der Waals surface area contributed by atoms with Crippen molar-refractivity contribution >= 4 is 17.4 Å². The molecule has 0 aliphatic heterocycles. The second kappa shape index (κ2) is 8.09. The van der Waals surface area contributed by atoms with Crippen LogP contribution in [-0.4, -0.2) is 50.7 Å². The lowest BCUT2D eigenvalue weighted by molar-refractivity contribution is -0.385. The van der Waals surface area contributed by atoms with Crippen LogP contribution in [0.5, 0.6) is 0 Å². The minimum absolute atomic E-state index is 0.0700. The molecular weight excluding hydrogens is 316 g/mol. The van der Waals surface area contributed by atoms with Gasteiger partial charge in [-0.1, -0.05) is 12.1 Å². The summed E-state index contributed by atoms with van der Waals surface area (Å²) in [5.74, 6) is 0. The van der Waals surface area contributed by atoms with E-state index in [-0.39, 0.29) is 12.2 Å². The Hall–Kier alpha value is -1.90. The van der Waals surface area contributed by atoms with E-state index >= 15 is 0 Å². The van der Waals surface area contributed by atoms with Gasteiger partial charge in [0.05, 0.1) is 17.6 Å². The molecule has 0 radical (unpaired) electrons. The summed E-state index contributed by atoms with van der Waals surface area (Å²) < 4.78 is 1.39. The van der Waals surface area contributed by atoms with Crippen LogP contribution in [0.1, 0.15) is 5.56 Å². The molecule has 124 valence electrons. The fraction of sp³-hybridized carbons (Fsp3) is 0.400. The summed E-state index contributed by atoms with van der Waals surface area (Å²) in [6, 6.07) is 8.30. The second-order valence-corrected chi connectivity index (χ2v) is 6.26. The summed E-state index contributed by atoms with van der Waals surface area (Å²) in [6.45, 7) is 1.41. The minimum Gasteiger partial charge on any atom is -0.390 e. The molecule has 1 aromatic carbocycles. The SMILES string of the molecule is CSc1ccc(CN(C)CC(O)Cn2cc([N+](=O)[O-])cn2)cc1. The predicted octanol–water partition coefficient (Wildman–Crippen LogP) is 2.01. The van der Waals surface area contributed by atoms with Crippen molar-refractivity contribution in [3.8, 4) is 0 Å². The zero-order valence-corrected chi connectivity index (χ0v) is 13.9. The quantitative estimate of drug-likeness (QED) is 0.451. The Morgan fingerprint density at radius 2 is 2.13 bits per heavy atom. The van der Waals surface area contributed by atoms with Gasteiger partial charge in [-0.05, 0) is 31.0 Å². The summed E-state index contributed by atoms with van der Waals surface area (Å²) in [7, 11) is 1.93. The first-order valence-corrected chi connectivity index (χ1v) is 8.37. The molecule has 2 aromatic rings. The van der Waals surface area contributed by atoms with Gasteiger partial charge in [-0.15, -0.1) is 11.8 Å². The largest absolute Gasteiger partial charge is 0.390 e. The van der Waals surface area contributed by atoms with Gasteiger partial charge < -0.3 is 5.11 Å². The van der Waals surface area contributed by atoms with E-state index in [1.165, 1.54) is 27.5 Å². The van der Waals surface area contributed by atoms with Gasteiger partial charge in [-0.3, -0.25) is 19.7 Å². The van der Waals surface area contributed by atoms with Gasteiger partial charge in [-0.2, -0.15) is 5.10 Å². The molecule has 23 heavy (non-hydrogen) atoms. The molecule has 1 unspecified atom stereocenters. The Kier molecular flexibility index (Phi) is 6.14. The van der Waals surface area contributed by atoms with E-state index in [2.05, 4.69) is 29.4 Å². The average molecular weight is 336 g/mol. The first-order valence-electron chi connectivity index (χ1n) is 7.14. The third-order valence-corrected chi connectivity index (χ3v) is 4.11. The Bertz CT molecular complexity index is 644. The lowest BCUT2D eigenvalue weighted by atomic mass is 10.2. The molecule has 0 saturated carbocycles. The second-order valence-electron chi connectivity index (χ2n) is 5.38. The van der Waals surface area contributed by atoms with Gasteiger partial charge in [0, 0.05) is 18.0 Å². The van der Waals surface area contributed by atoms with Gasteiger partial charge in [0.25, 0.3) is 0 Å². The molecule has 0 aliphatic carbocycles. The maximum absolute atomic E-state index is 10.6. The lowest BCUT2D eigenvalue weighted by Gasteiger charge is -2.20. The molecule has 0 bridgehead atoms. The monoisotopic (exact) mass is 336 g/mol. The third kappa shape index (κ3) is 5.34. The van der Waals surface area contributed by atoms with Gasteiger partial charge in [0.2, 0.25) is 0 Å². The summed E-state index contributed by atoms with van der Waals surface area (Å²) in [5, 5.41) is 24.6. The van der Waals surface area contributed by atoms with Crippen molar-refractivity contribution in [1.29, 1.82) is 0 Å². The van der Waals surface area contributed by atoms with Crippen molar-refractivity contribution < 1.29 is 10.0 Å². The van der Waals surface area contributed by atoms with Crippen LogP contribution in [0.3, 0.4) is 0 Å². The Morgan fingerprint density at radius 3 is 2.70 bits per heavy atom. The first kappa shape index (κ1) is 17.5. The molecule has 0 amide bonds. The molecule has 1 N–H and O–H groups in total. The van der Waals surface area contributed by atoms with Crippen LogP contribution in [0.25, 0.3) is 0 Å². The first-order chi connectivity index (χ1) is 11.0. The van der Waals surface area contributed by atoms with Crippen LogP contribution < -0.4 is 0 Å². The molecule has 7 nitrogen and oxygen atoms in total. The summed E-state index contributed by atoms with van der Waals surface area (Å²) >= 11 is 1.70. The van der Waals surface area contributed by atoms with Crippen LogP contribution in [0.15, 0.2) is 41.6 Å². The highest BCUT2D eigenvalue weighted by Crippen LogP contribution is 2.15. The van der Waals surface area contributed by atoms with Crippen molar-refractivity contribution in [2.45, 2.75) is 24.1 Å². The van der Waals surface area contributed by atoms with Crippen LogP contribution in [-0.2, 0) is 13.1 Å². The number of aliphatic hydroxyl groups excluding tert-OH is 1. The average Bonchev–Trinajstić information content (AvgIpc) is 2.96. The lowest BCUT2D eigenvalue weighted by Crippen LogP contribution is -2.31. The van der Waals surface area contributed by atoms with E-state index in [0.717, 1.165) is 6.54 Å². The van der Waals surface area contributed by atoms with Gasteiger partial charge in [-0.25, -0.2) is 0 Å². The number of hydrogen-bond donors (Lipinski definition) is 1.